The number of amides is 2. The van der Waals surface area contributed by atoms with Gasteiger partial charge in [-0.05, 0) is 60.7 Å². The lowest BCUT2D eigenvalue weighted by atomic mass is 10.2. The van der Waals surface area contributed by atoms with Crippen molar-refractivity contribution in [2.75, 3.05) is 10.6 Å². The predicted octanol–water partition coefficient (Wildman–Crippen LogP) is 6.34. The van der Waals surface area contributed by atoms with Crippen molar-refractivity contribution in [1.82, 2.24) is 9.82 Å². The maximum Gasteiger partial charge on any atom is 0.358 e. The molecule has 8 nitrogen and oxygen atoms in total. The van der Waals surface area contributed by atoms with Crippen LogP contribution < -0.4 is 15.5 Å². The summed E-state index contributed by atoms with van der Waals surface area (Å²) in [6.45, 7) is 0. The zero-order chi connectivity index (χ0) is 24.8. The lowest BCUT2D eigenvalue weighted by molar-refractivity contribution is 0.262. The van der Waals surface area contributed by atoms with Crippen LogP contribution in [0.3, 0.4) is 0 Å². The van der Waals surface area contributed by atoms with Gasteiger partial charge in [-0.1, -0.05) is 35.3 Å². The van der Waals surface area contributed by atoms with Crippen molar-refractivity contribution in [3.05, 3.63) is 99.6 Å². The number of urea groups is 1. The number of nitrogens with one attached hydrogen (secondary N) is 3. The van der Waals surface area contributed by atoms with Crippen LogP contribution in [0.1, 0.15) is 5.56 Å². The Balaban J connectivity index is 1.36. The van der Waals surface area contributed by atoms with Gasteiger partial charge < -0.3 is 10.6 Å². The first kappa shape index (κ1) is 24.5. The van der Waals surface area contributed by atoms with Crippen molar-refractivity contribution in [3.63, 3.8) is 0 Å². The second-order valence-electron chi connectivity index (χ2n) is 6.91. The summed E-state index contributed by atoms with van der Waals surface area (Å²) in [6, 6.07) is 22.1. The van der Waals surface area contributed by atoms with Gasteiger partial charge in [-0.15, -0.1) is 11.3 Å². The Morgan fingerprint density at radius 3 is 2.49 bits per heavy atom. The largest absolute Gasteiger partial charge is 0.358 e. The highest BCUT2D eigenvalue weighted by molar-refractivity contribution is 7.91. The number of thiophene rings is 1. The molecule has 0 spiro atoms. The second-order valence-corrected chi connectivity index (χ2v) is 10.7. The third-order valence-electron chi connectivity index (χ3n) is 4.46. The maximum absolute atomic E-state index is 12.5. The summed E-state index contributed by atoms with van der Waals surface area (Å²) in [5.74, 6) is 0. The van der Waals surface area contributed by atoms with Gasteiger partial charge in [0.15, 0.2) is 0 Å². The number of halogens is 2. The fraction of sp³-hybridized carbons (Fsp3) is 0. The molecule has 0 atom stereocenters. The minimum atomic E-state index is -3.85. The normalized spacial score (nSPS) is 10.7. The van der Waals surface area contributed by atoms with Gasteiger partial charge in [0.25, 0.3) is 0 Å². The first-order valence-corrected chi connectivity index (χ1v) is 13.0. The number of hydrogen-bond donors (Lipinski definition) is 3. The topological polar surface area (TPSA) is 105 Å². The molecular weight excluding hydrogens is 529 g/mol. The number of carbonyl (C=O) groups excluding carboxylic acids is 1. The molecule has 0 unspecified atom stereocenters. The third-order valence-corrected chi connectivity index (χ3v) is 8.08. The van der Waals surface area contributed by atoms with E-state index in [4.69, 9.17) is 23.2 Å². The van der Waals surface area contributed by atoms with Crippen LogP contribution >= 0.6 is 34.5 Å². The number of anilines is 2. The molecule has 176 valence electrons. The molecule has 4 rings (SSSR count). The number of aromatic nitrogens is 1. The van der Waals surface area contributed by atoms with E-state index in [1.54, 1.807) is 66.9 Å². The Morgan fingerprint density at radius 1 is 0.943 bits per heavy atom. The van der Waals surface area contributed by atoms with Gasteiger partial charge in [0.1, 0.15) is 14.7 Å². The molecule has 0 radical (unpaired) electrons. The fourth-order valence-electron chi connectivity index (χ4n) is 2.82. The van der Waals surface area contributed by atoms with E-state index < -0.39 is 16.1 Å². The second kappa shape index (κ2) is 10.8. The predicted molar refractivity (Wildman–Crippen MR) is 140 cm³/mol. The summed E-state index contributed by atoms with van der Waals surface area (Å²) in [5, 5.41) is 5.83. The fourth-order valence-corrected chi connectivity index (χ4v) is 5.20. The van der Waals surface area contributed by atoms with Crippen molar-refractivity contribution in [2.24, 2.45) is 0 Å². The van der Waals surface area contributed by atoms with Gasteiger partial charge in [-0.2, -0.15) is 8.42 Å². The van der Waals surface area contributed by atoms with Crippen molar-refractivity contribution in [2.45, 2.75) is 4.21 Å². The number of nitrogens with zero attached hydrogens (tertiary/aromatic N) is 2. The molecule has 12 heteroatoms. The molecule has 35 heavy (non-hydrogen) atoms. The Hall–Kier alpha value is -3.62. The molecule has 0 aliphatic heterocycles. The van der Waals surface area contributed by atoms with Gasteiger partial charge in [-0.25, -0.2) is 4.79 Å². The standard InChI is InChI=1S/C23H15Cl2N5O3S2/c24-17-4-3-6-19(22(17)25)29-23(31)28-16-9-7-15(8-10-16)14-27-30-35(32,33)21-12-11-20(34-21)18-5-1-2-13-26-18/h1-13,30H,(H,29,31)/p+1. The lowest BCUT2D eigenvalue weighted by Crippen LogP contribution is -2.19. The summed E-state index contributed by atoms with van der Waals surface area (Å²) in [4.78, 5) is 23.0. The van der Waals surface area contributed by atoms with Crippen molar-refractivity contribution < 1.29 is 13.2 Å². The Bertz CT molecular complexity index is 1530. The van der Waals surface area contributed by atoms with Crippen LogP contribution in [0, 0.1) is 6.07 Å². The number of carbonyl (C=O) groups is 1. The summed E-state index contributed by atoms with van der Waals surface area (Å²) >= 11 is 13.1. The average molecular weight is 545 g/mol. The van der Waals surface area contributed by atoms with Crippen LogP contribution in [-0.4, -0.2) is 19.4 Å². The molecule has 2 heterocycles. The van der Waals surface area contributed by atoms with E-state index in [1.807, 2.05) is 6.07 Å². The monoisotopic (exact) mass is 544 g/mol. The van der Waals surface area contributed by atoms with Gasteiger partial charge in [0, 0.05) is 16.7 Å². The van der Waals surface area contributed by atoms with Crippen LogP contribution in [0.15, 0.2) is 83.2 Å². The quantitative estimate of drug-likeness (QED) is 0.255. The SMILES string of the molecule is O=C(Nc1ccc(C#[N+]NS(=O)(=O)c2ccc(-c3ccccn3)s2)cc1)Nc1cccc(Cl)c1Cl. The summed E-state index contributed by atoms with van der Waals surface area (Å²) in [7, 11) is -3.85. The summed E-state index contributed by atoms with van der Waals surface area (Å²) in [5.41, 5.74) is 2.05. The van der Waals surface area contributed by atoms with E-state index in [9.17, 15) is 13.2 Å². The molecule has 2 aromatic carbocycles. The van der Waals surface area contributed by atoms with Crippen LogP contribution in [0.25, 0.3) is 15.5 Å². The van der Waals surface area contributed by atoms with E-state index in [1.165, 1.54) is 6.07 Å². The van der Waals surface area contributed by atoms with E-state index in [-0.39, 0.29) is 9.23 Å². The Labute approximate surface area is 215 Å². The van der Waals surface area contributed by atoms with Gasteiger partial charge >= 0.3 is 22.1 Å². The third kappa shape index (κ3) is 6.29. The molecule has 2 aromatic heterocycles. The Kier molecular flexibility index (Phi) is 7.53. The molecule has 3 N–H and O–H groups in total. The smallest absolute Gasteiger partial charge is 0.308 e. The van der Waals surface area contributed by atoms with E-state index in [0.717, 1.165) is 16.2 Å². The van der Waals surface area contributed by atoms with Crippen LogP contribution in [0.4, 0.5) is 16.2 Å². The zero-order valence-corrected chi connectivity index (χ0v) is 20.8. The van der Waals surface area contributed by atoms with Gasteiger partial charge in [-0.3, -0.25) is 4.98 Å². The van der Waals surface area contributed by atoms with Crippen LogP contribution in [-0.2, 0) is 10.0 Å². The lowest BCUT2D eigenvalue weighted by Gasteiger charge is -2.09. The maximum atomic E-state index is 12.5. The minimum absolute atomic E-state index is 0.106. The van der Waals surface area contributed by atoms with E-state index >= 15 is 0 Å². The molecular formula is C23H16Cl2N5O3S2+. The van der Waals surface area contributed by atoms with Gasteiger partial charge in [0.2, 0.25) is 0 Å². The van der Waals surface area contributed by atoms with E-state index in [2.05, 4.69) is 31.5 Å². The number of pyridine rings is 1. The number of rotatable bonds is 5. The molecule has 0 saturated heterocycles. The Morgan fingerprint density at radius 2 is 1.74 bits per heavy atom. The van der Waals surface area contributed by atoms with Crippen LogP contribution in [0.2, 0.25) is 10.0 Å². The molecule has 2 amide bonds. The molecule has 0 aliphatic carbocycles. The van der Waals surface area contributed by atoms with Crippen LogP contribution in [0.5, 0.6) is 0 Å². The van der Waals surface area contributed by atoms with Crippen molar-refractivity contribution in [1.29, 1.82) is 0 Å². The van der Waals surface area contributed by atoms with Gasteiger partial charge in [0.05, 0.1) is 26.3 Å². The highest BCUT2D eigenvalue weighted by Gasteiger charge is 2.21. The first-order valence-electron chi connectivity index (χ1n) is 9.93. The highest BCUT2D eigenvalue weighted by atomic mass is 35.5. The molecule has 0 aliphatic rings. The molecule has 0 fully saturated rings. The zero-order valence-electron chi connectivity index (χ0n) is 17.7. The number of sulfonamides is 1. The first-order chi connectivity index (χ1) is 16.8. The minimum Gasteiger partial charge on any atom is -0.308 e. The number of benzene rings is 2. The molecule has 0 bridgehead atoms. The average Bonchev–Trinajstić information content (AvgIpc) is 3.35. The highest BCUT2D eigenvalue weighted by Crippen LogP contribution is 2.30. The summed E-state index contributed by atoms with van der Waals surface area (Å²) < 4.78 is 25.1. The molecule has 0 saturated carbocycles. The molecule has 4 aromatic rings. The number of hydrogen-bond acceptors (Lipinski definition) is 5. The van der Waals surface area contributed by atoms with Crippen molar-refractivity contribution in [3.8, 4) is 16.6 Å². The summed E-state index contributed by atoms with van der Waals surface area (Å²) in [6.07, 6.45) is 1.64. The van der Waals surface area contributed by atoms with E-state index in [0.29, 0.717) is 27.7 Å². The van der Waals surface area contributed by atoms with Crippen molar-refractivity contribution >= 4 is 62.0 Å².